The third kappa shape index (κ3) is 2.82. The predicted molar refractivity (Wildman–Crippen MR) is 83.6 cm³/mol. The van der Waals surface area contributed by atoms with E-state index in [1.807, 2.05) is 35.2 Å². The summed E-state index contributed by atoms with van der Waals surface area (Å²) in [5, 5.41) is 8.87. The van der Waals surface area contributed by atoms with Gasteiger partial charge in [-0.15, -0.1) is 22.7 Å². The Morgan fingerprint density at radius 1 is 1.25 bits per heavy atom. The molecule has 0 saturated carbocycles. The lowest BCUT2D eigenvalue weighted by atomic mass is 10.3. The highest BCUT2D eigenvalue weighted by atomic mass is 32.1. The Morgan fingerprint density at radius 3 is 2.85 bits per heavy atom. The number of carbonyl (C=O) groups excluding carboxylic acids is 1. The molecule has 20 heavy (non-hydrogen) atoms. The number of carbonyl (C=O) groups is 1. The maximum atomic E-state index is 11.9. The molecule has 0 unspecified atom stereocenters. The van der Waals surface area contributed by atoms with Crippen LogP contribution < -0.4 is 0 Å². The highest BCUT2D eigenvalue weighted by Gasteiger charge is 2.13. The zero-order chi connectivity index (χ0) is 13.9. The largest absolute Gasteiger partial charge is 0.455 e. The second kappa shape index (κ2) is 5.87. The van der Waals surface area contributed by atoms with Gasteiger partial charge in [0, 0.05) is 16.3 Å². The van der Waals surface area contributed by atoms with Gasteiger partial charge >= 0.3 is 5.97 Å². The highest BCUT2D eigenvalue weighted by Crippen LogP contribution is 2.26. The van der Waals surface area contributed by atoms with Crippen molar-refractivity contribution in [1.82, 2.24) is 4.98 Å². The average molecular weight is 321 g/mol. The Morgan fingerprint density at radius 2 is 2.15 bits per heavy atom. The van der Waals surface area contributed by atoms with Crippen LogP contribution in [0.1, 0.15) is 20.9 Å². The number of nitrogens with zero attached hydrogens (tertiary/aromatic N) is 1. The molecule has 3 rings (SSSR count). The maximum absolute atomic E-state index is 11.9. The molecule has 0 saturated heterocycles. The summed E-state index contributed by atoms with van der Waals surface area (Å²) >= 11 is 4.62. The number of rotatable bonds is 4. The molecule has 3 aromatic rings. The molecule has 0 fully saturated rings. The number of thiophene rings is 2. The second-order valence-electron chi connectivity index (χ2n) is 4.16. The van der Waals surface area contributed by atoms with Crippen molar-refractivity contribution in [1.29, 1.82) is 0 Å². The number of hydrogen-bond donors (Lipinski definition) is 0. The minimum atomic E-state index is -0.275. The van der Waals surface area contributed by atoms with Gasteiger partial charge in [-0.1, -0.05) is 0 Å². The molecular formula is C14H11NO2S3. The van der Waals surface area contributed by atoms with Gasteiger partial charge in [0.15, 0.2) is 0 Å². The molecular weight excluding hydrogens is 310 g/mol. The molecule has 3 nitrogen and oxygen atoms in total. The molecule has 0 spiro atoms. The zero-order valence-electron chi connectivity index (χ0n) is 10.7. The monoisotopic (exact) mass is 321 g/mol. The summed E-state index contributed by atoms with van der Waals surface area (Å²) in [5.41, 5.74) is 2.86. The fourth-order valence-electron chi connectivity index (χ4n) is 1.68. The third-order valence-corrected chi connectivity index (χ3v) is 5.34. The van der Waals surface area contributed by atoms with Crippen LogP contribution in [0.5, 0.6) is 0 Å². The predicted octanol–water partition coefficient (Wildman–Crippen LogP) is 4.60. The summed E-state index contributed by atoms with van der Waals surface area (Å²) in [6.07, 6.45) is 0. The van der Waals surface area contributed by atoms with Crippen LogP contribution in [0, 0.1) is 6.92 Å². The Hall–Kier alpha value is -1.50. The van der Waals surface area contributed by atoms with Crippen LogP contribution in [0.3, 0.4) is 0 Å². The molecule has 3 heterocycles. The van der Waals surface area contributed by atoms with Gasteiger partial charge in [-0.2, -0.15) is 11.3 Å². The summed E-state index contributed by atoms with van der Waals surface area (Å²) in [4.78, 5) is 17.0. The summed E-state index contributed by atoms with van der Waals surface area (Å²) in [5.74, 6) is -0.275. The van der Waals surface area contributed by atoms with Gasteiger partial charge in [-0.25, -0.2) is 9.78 Å². The topological polar surface area (TPSA) is 39.2 Å². The van der Waals surface area contributed by atoms with E-state index in [4.69, 9.17) is 4.74 Å². The van der Waals surface area contributed by atoms with E-state index in [-0.39, 0.29) is 12.6 Å². The normalized spacial score (nSPS) is 10.7. The van der Waals surface area contributed by atoms with Crippen LogP contribution in [0.4, 0.5) is 0 Å². The average Bonchev–Trinajstić information content (AvgIpc) is 3.16. The Balaban J connectivity index is 1.65. The van der Waals surface area contributed by atoms with Crippen LogP contribution in [0.15, 0.2) is 33.7 Å². The SMILES string of the molecule is Cc1ccsc1C(=O)OCc1csc(-c2ccsc2)n1. The molecule has 0 bridgehead atoms. The first-order chi connectivity index (χ1) is 9.74. The van der Waals surface area contributed by atoms with Gasteiger partial charge in [-0.3, -0.25) is 0 Å². The molecule has 0 amide bonds. The van der Waals surface area contributed by atoms with Crippen molar-refractivity contribution in [2.45, 2.75) is 13.5 Å². The van der Waals surface area contributed by atoms with E-state index in [9.17, 15) is 4.79 Å². The molecule has 0 aliphatic carbocycles. The van der Waals surface area contributed by atoms with Crippen molar-refractivity contribution >= 4 is 40.0 Å². The zero-order valence-corrected chi connectivity index (χ0v) is 13.1. The van der Waals surface area contributed by atoms with Crippen LogP contribution in [-0.4, -0.2) is 11.0 Å². The van der Waals surface area contributed by atoms with Crippen molar-refractivity contribution in [2.24, 2.45) is 0 Å². The Kier molecular flexibility index (Phi) is 3.95. The van der Waals surface area contributed by atoms with E-state index in [1.165, 1.54) is 11.3 Å². The maximum Gasteiger partial charge on any atom is 0.348 e. The van der Waals surface area contributed by atoms with Crippen LogP contribution in [0.25, 0.3) is 10.6 Å². The lowest BCUT2D eigenvalue weighted by Crippen LogP contribution is -2.04. The first-order valence-corrected chi connectivity index (χ1v) is 8.62. The van der Waals surface area contributed by atoms with E-state index in [0.717, 1.165) is 21.8 Å². The Labute approximate surface area is 128 Å². The van der Waals surface area contributed by atoms with Gasteiger partial charge < -0.3 is 4.74 Å². The summed E-state index contributed by atoms with van der Waals surface area (Å²) in [6.45, 7) is 2.13. The minimum absolute atomic E-state index is 0.219. The molecule has 0 atom stereocenters. The van der Waals surface area contributed by atoms with Crippen molar-refractivity contribution in [3.05, 3.63) is 49.8 Å². The Bertz CT molecular complexity index is 712. The molecule has 0 aromatic carbocycles. The number of esters is 1. The van der Waals surface area contributed by atoms with E-state index in [1.54, 1.807) is 22.7 Å². The number of aryl methyl sites for hydroxylation is 1. The number of hydrogen-bond acceptors (Lipinski definition) is 6. The fraction of sp³-hybridized carbons (Fsp3) is 0.143. The quantitative estimate of drug-likeness (QED) is 0.659. The van der Waals surface area contributed by atoms with Crippen LogP contribution in [0.2, 0.25) is 0 Å². The number of aromatic nitrogens is 1. The minimum Gasteiger partial charge on any atom is -0.455 e. The lowest BCUT2D eigenvalue weighted by Gasteiger charge is -2.01. The van der Waals surface area contributed by atoms with Gasteiger partial charge in [0.05, 0.1) is 5.69 Å². The molecule has 102 valence electrons. The molecule has 0 aliphatic rings. The summed E-state index contributed by atoms with van der Waals surface area (Å²) in [7, 11) is 0. The molecule has 0 N–H and O–H groups in total. The van der Waals surface area contributed by atoms with Gasteiger partial charge in [0.1, 0.15) is 16.5 Å². The smallest absolute Gasteiger partial charge is 0.348 e. The van der Waals surface area contributed by atoms with Gasteiger partial charge in [-0.05, 0) is 35.4 Å². The van der Waals surface area contributed by atoms with Gasteiger partial charge in [0.25, 0.3) is 0 Å². The van der Waals surface area contributed by atoms with E-state index in [0.29, 0.717) is 4.88 Å². The first-order valence-electron chi connectivity index (χ1n) is 5.92. The molecule has 0 aliphatic heterocycles. The van der Waals surface area contributed by atoms with Crippen molar-refractivity contribution in [2.75, 3.05) is 0 Å². The van der Waals surface area contributed by atoms with E-state index >= 15 is 0 Å². The van der Waals surface area contributed by atoms with E-state index < -0.39 is 0 Å². The van der Waals surface area contributed by atoms with Gasteiger partial charge in [0.2, 0.25) is 0 Å². The molecule has 6 heteroatoms. The van der Waals surface area contributed by atoms with Crippen molar-refractivity contribution in [3.63, 3.8) is 0 Å². The van der Waals surface area contributed by atoms with Crippen molar-refractivity contribution in [3.8, 4) is 10.6 Å². The van der Waals surface area contributed by atoms with Crippen LogP contribution >= 0.6 is 34.0 Å². The standard InChI is InChI=1S/C14H11NO2S3/c1-9-2-5-19-12(9)14(16)17-6-11-8-20-13(15-11)10-3-4-18-7-10/h2-5,7-8H,6H2,1H3. The van der Waals surface area contributed by atoms with Crippen molar-refractivity contribution < 1.29 is 9.53 Å². The fourth-order valence-corrected chi connectivity index (χ4v) is 4.01. The number of ether oxygens (including phenoxy) is 1. The first kappa shape index (κ1) is 13.5. The lowest BCUT2D eigenvalue weighted by molar-refractivity contribution is 0.0473. The number of thiazole rings is 1. The highest BCUT2D eigenvalue weighted by molar-refractivity contribution is 7.14. The summed E-state index contributed by atoms with van der Waals surface area (Å²) in [6, 6.07) is 3.95. The molecule has 0 radical (unpaired) electrons. The third-order valence-electron chi connectivity index (χ3n) is 2.72. The molecule has 3 aromatic heterocycles. The summed E-state index contributed by atoms with van der Waals surface area (Å²) < 4.78 is 5.30. The van der Waals surface area contributed by atoms with Crippen LogP contribution in [-0.2, 0) is 11.3 Å². The van der Waals surface area contributed by atoms with E-state index in [2.05, 4.69) is 10.4 Å². The second-order valence-corrected chi connectivity index (χ2v) is 6.72.